The highest BCUT2D eigenvalue weighted by atomic mass is 32.1. The number of fused-ring (bicyclic) bond motifs is 1. The minimum Gasteiger partial charge on any atom is -0.493 e. The molecule has 1 heterocycles. The van der Waals surface area contributed by atoms with Gasteiger partial charge in [0, 0.05) is 10.8 Å². The van der Waals surface area contributed by atoms with E-state index >= 15 is 0 Å². The van der Waals surface area contributed by atoms with Crippen LogP contribution in [0.5, 0.6) is 5.75 Å². The molecule has 0 bridgehead atoms. The molecule has 0 radical (unpaired) electrons. The van der Waals surface area contributed by atoms with Gasteiger partial charge in [-0.25, -0.2) is 0 Å². The lowest BCUT2D eigenvalue weighted by Crippen LogP contribution is -2.10. The quantitative estimate of drug-likeness (QED) is 0.604. The summed E-state index contributed by atoms with van der Waals surface area (Å²) < 4.78 is 5.50. The summed E-state index contributed by atoms with van der Waals surface area (Å²) in [4.78, 5) is 0. The Kier molecular flexibility index (Phi) is 2.01. The molecule has 0 fully saturated rings. The van der Waals surface area contributed by atoms with E-state index in [9.17, 15) is 0 Å². The molecule has 1 atom stereocenters. The fourth-order valence-corrected chi connectivity index (χ4v) is 1.80. The smallest absolute Gasteiger partial charge is 0.123 e. The average Bonchev–Trinajstić information content (AvgIpc) is 2.07. The van der Waals surface area contributed by atoms with Crippen molar-refractivity contribution in [2.24, 2.45) is 0 Å². The number of aryl methyl sites for hydroxylation is 1. The standard InChI is InChI=1S/C10H12OS/c1-7-2-3-9-8(6-7)10(12)4-5-11-9/h2-3,6,10,12H,4-5H2,1H3. The minimum absolute atomic E-state index is 0.355. The SMILES string of the molecule is Cc1ccc2c(c1)C(S)CCO2. The van der Waals surface area contributed by atoms with Crippen LogP contribution in [0.2, 0.25) is 0 Å². The first-order valence-electron chi connectivity index (χ1n) is 4.19. The third-order valence-electron chi connectivity index (χ3n) is 2.17. The summed E-state index contributed by atoms with van der Waals surface area (Å²) in [6.45, 7) is 2.89. The van der Waals surface area contributed by atoms with Crippen molar-refractivity contribution < 1.29 is 4.74 Å². The first-order valence-corrected chi connectivity index (χ1v) is 4.70. The Morgan fingerprint density at radius 3 is 3.17 bits per heavy atom. The Hall–Kier alpha value is -0.630. The molecular weight excluding hydrogens is 168 g/mol. The van der Waals surface area contributed by atoms with E-state index in [0.29, 0.717) is 5.25 Å². The van der Waals surface area contributed by atoms with Crippen LogP contribution in [-0.2, 0) is 0 Å². The third kappa shape index (κ3) is 1.31. The third-order valence-corrected chi connectivity index (χ3v) is 2.71. The summed E-state index contributed by atoms with van der Waals surface area (Å²) in [6.07, 6.45) is 1.01. The summed E-state index contributed by atoms with van der Waals surface area (Å²) in [7, 11) is 0. The van der Waals surface area contributed by atoms with Crippen LogP contribution in [0.25, 0.3) is 0 Å². The van der Waals surface area contributed by atoms with Crippen LogP contribution < -0.4 is 4.74 Å². The van der Waals surface area contributed by atoms with Crippen molar-refractivity contribution in [2.75, 3.05) is 6.61 Å². The molecule has 0 N–H and O–H groups in total. The highest BCUT2D eigenvalue weighted by Gasteiger charge is 2.17. The highest BCUT2D eigenvalue weighted by Crippen LogP contribution is 2.36. The van der Waals surface area contributed by atoms with E-state index in [4.69, 9.17) is 4.74 Å². The van der Waals surface area contributed by atoms with E-state index < -0.39 is 0 Å². The normalized spacial score (nSPS) is 21.3. The fourth-order valence-electron chi connectivity index (χ4n) is 1.50. The lowest BCUT2D eigenvalue weighted by molar-refractivity contribution is 0.286. The van der Waals surface area contributed by atoms with Gasteiger partial charge in [-0.1, -0.05) is 17.7 Å². The topological polar surface area (TPSA) is 9.23 Å². The van der Waals surface area contributed by atoms with Gasteiger partial charge >= 0.3 is 0 Å². The van der Waals surface area contributed by atoms with Gasteiger partial charge in [0.15, 0.2) is 0 Å². The average molecular weight is 180 g/mol. The van der Waals surface area contributed by atoms with Gasteiger partial charge in [0.05, 0.1) is 6.61 Å². The molecule has 0 spiro atoms. The fraction of sp³-hybridized carbons (Fsp3) is 0.400. The van der Waals surface area contributed by atoms with Crippen molar-refractivity contribution in [1.82, 2.24) is 0 Å². The van der Waals surface area contributed by atoms with Crippen molar-refractivity contribution in [3.05, 3.63) is 29.3 Å². The van der Waals surface area contributed by atoms with Crippen LogP contribution in [0.1, 0.15) is 22.8 Å². The maximum atomic E-state index is 5.50. The van der Waals surface area contributed by atoms with E-state index in [1.165, 1.54) is 11.1 Å². The summed E-state index contributed by atoms with van der Waals surface area (Å²) in [6, 6.07) is 6.27. The second-order valence-electron chi connectivity index (χ2n) is 3.19. The molecule has 0 saturated heterocycles. The molecule has 1 nitrogen and oxygen atoms in total. The molecule has 1 aromatic rings. The second-order valence-corrected chi connectivity index (χ2v) is 3.82. The van der Waals surface area contributed by atoms with E-state index in [1.807, 2.05) is 6.07 Å². The van der Waals surface area contributed by atoms with Crippen molar-refractivity contribution in [2.45, 2.75) is 18.6 Å². The number of hydrogen-bond donors (Lipinski definition) is 1. The first kappa shape index (κ1) is 7.99. The second kappa shape index (κ2) is 3.02. The van der Waals surface area contributed by atoms with Crippen LogP contribution in [0.3, 0.4) is 0 Å². The zero-order chi connectivity index (χ0) is 8.55. The van der Waals surface area contributed by atoms with Gasteiger partial charge in [0.25, 0.3) is 0 Å². The number of ether oxygens (including phenoxy) is 1. The summed E-state index contributed by atoms with van der Waals surface area (Å²) >= 11 is 4.51. The van der Waals surface area contributed by atoms with E-state index in [0.717, 1.165) is 18.8 Å². The van der Waals surface area contributed by atoms with Crippen molar-refractivity contribution >= 4 is 12.6 Å². The van der Waals surface area contributed by atoms with Gasteiger partial charge in [0.1, 0.15) is 5.75 Å². The van der Waals surface area contributed by atoms with Gasteiger partial charge in [-0.15, -0.1) is 0 Å². The van der Waals surface area contributed by atoms with Gasteiger partial charge < -0.3 is 4.74 Å². The molecule has 1 aromatic carbocycles. The van der Waals surface area contributed by atoms with Crippen molar-refractivity contribution in [3.63, 3.8) is 0 Å². The van der Waals surface area contributed by atoms with Gasteiger partial charge in [0.2, 0.25) is 0 Å². The molecule has 1 aliphatic rings. The number of rotatable bonds is 0. The monoisotopic (exact) mass is 180 g/mol. The Morgan fingerprint density at radius 1 is 1.50 bits per heavy atom. The molecular formula is C10H12OS. The lowest BCUT2D eigenvalue weighted by Gasteiger charge is -2.22. The Balaban J connectivity index is 2.47. The molecule has 12 heavy (non-hydrogen) atoms. The molecule has 0 aromatic heterocycles. The number of benzene rings is 1. The molecule has 0 amide bonds. The largest absolute Gasteiger partial charge is 0.493 e. The first-order chi connectivity index (χ1) is 5.77. The molecule has 1 unspecified atom stereocenters. The van der Waals surface area contributed by atoms with Gasteiger partial charge in [-0.3, -0.25) is 0 Å². The van der Waals surface area contributed by atoms with E-state index in [1.54, 1.807) is 0 Å². The van der Waals surface area contributed by atoms with Crippen LogP contribution in [0.4, 0.5) is 0 Å². The van der Waals surface area contributed by atoms with E-state index in [2.05, 4.69) is 31.7 Å². The van der Waals surface area contributed by atoms with Gasteiger partial charge in [-0.05, 0) is 19.4 Å². The summed E-state index contributed by atoms with van der Waals surface area (Å²) in [5.74, 6) is 1.01. The predicted octanol–water partition coefficient (Wildman–Crippen LogP) is 2.75. The Morgan fingerprint density at radius 2 is 2.33 bits per heavy atom. The predicted molar refractivity (Wildman–Crippen MR) is 53.0 cm³/mol. The Labute approximate surface area is 78.2 Å². The zero-order valence-corrected chi connectivity index (χ0v) is 7.97. The molecule has 2 rings (SSSR count). The van der Waals surface area contributed by atoms with Gasteiger partial charge in [-0.2, -0.15) is 12.6 Å². The minimum atomic E-state index is 0.355. The Bertz CT molecular complexity index is 296. The maximum Gasteiger partial charge on any atom is 0.123 e. The zero-order valence-electron chi connectivity index (χ0n) is 7.08. The van der Waals surface area contributed by atoms with Crippen LogP contribution in [-0.4, -0.2) is 6.61 Å². The van der Waals surface area contributed by atoms with Crippen molar-refractivity contribution in [3.8, 4) is 5.75 Å². The van der Waals surface area contributed by atoms with Crippen LogP contribution in [0.15, 0.2) is 18.2 Å². The van der Waals surface area contributed by atoms with Crippen molar-refractivity contribution in [1.29, 1.82) is 0 Å². The summed E-state index contributed by atoms with van der Waals surface area (Å²) in [5.41, 5.74) is 2.52. The molecule has 2 heteroatoms. The van der Waals surface area contributed by atoms with E-state index in [-0.39, 0.29) is 0 Å². The number of hydrogen-bond acceptors (Lipinski definition) is 2. The lowest BCUT2D eigenvalue weighted by atomic mass is 10.0. The summed E-state index contributed by atoms with van der Waals surface area (Å²) in [5, 5.41) is 0.355. The molecule has 1 aliphatic heterocycles. The maximum absolute atomic E-state index is 5.50. The molecule has 0 aliphatic carbocycles. The van der Waals surface area contributed by atoms with Crippen LogP contribution in [0, 0.1) is 6.92 Å². The molecule has 0 saturated carbocycles. The highest BCUT2D eigenvalue weighted by molar-refractivity contribution is 7.80. The number of thiol groups is 1. The van der Waals surface area contributed by atoms with Crippen LogP contribution >= 0.6 is 12.6 Å². The molecule has 64 valence electrons.